The van der Waals surface area contributed by atoms with E-state index in [0.717, 1.165) is 38.5 Å². The summed E-state index contributed by atoms with van der Waals surface area (Å²) in [4.78, 5) is 22.8. The molecule has 0 atom stereocenters. The molecule has 2 fully saturated rings. The van der Waals surface area contributed by atoms with Crippen molar-refractivity contribution < 1.29 is 14.3 Å². The predicted octanol–water partition coefficient (Wildman–Crippen LogP) is 1.71. The fraction of sp³-hybridized carbons (Fsp3) is 0.846. The third-order valence-corrected chi connectivity index (χ3v) is 3.37. The summed E-state index contributed by atoms with van der Waals surface area (Å²) in [6, 6.07) is 0.415. The Morgan fingerprint density at radius 1 is 1.11 bits per heavy atom. The first-order valence-corrected chi connectivity index (χ1v) is 6.98. The molecule has 0 aromatic carbocycles. The number of hydrogen-bond acceptors (Lipinski definition) is 3. The van der Waals surface area contributed by atoms with Crippen LogP contribution in [0.15, 0.2) is 0 Å². The minimum absolute atomic E-state index is 0.0865. The van der Waals surface area contributed by atoms with E-state index in [0.29, 0.717) is 25.4 Å². The molecule has 0 spiro atoms. The lowest BCUT2D eigenvalue weighted by Gasteiger charge is -2.12. The smallest absolute Gasteiger partial charge is 0.407 e. The van der Waals surface area contributed by atoms with E-state index in [9.17, 15) is 9.59 Å². The van der Waals surface area contributed by atoms with Crippen LogP contribution in [0.2, 0.25) is 0 Å². The van der Waals surface area contributed by atoms with Crippen LogP contribution in [0.5, 0.6) is 0 Å². The molecule has 0 saturated heterocycles. The van der Waals surface area contributed by atoms with Crippen LogP contribution >= 0.6 is 0 Å². The van der Waals surface area contributed by atoms with Crippen LogP contribution in [-0.2, 0) is 9.53 Å². The Labute approximate surface area is 108 Å². The standard InChI is InChI=1S/C13H22N2O3/c16-12(15-10-7-8-10)6-3-9-14-13(17)18-11-4-1-2-5-11/h10-11H,1-9H2,(H,14,17)(H,15,16). The van der Waals surface area contributed by atoms with Crippen LogP contribution in [0.4, 0.5) is 4.79 Å². The second kappa shape index (κ2) is 6.61. The Kier molecular flexibility index (Phi) is 4.84. The molecular weight excluding hydrogens is 232 g/mol. The maximum absolute atomic E-state index is 11.4. The van der Waals surface area contributed by atoms with Crippen molar-refractivity contribution in [1.82, 2.24) is 10.6 Å². The minimum Gasteiger partial charge on any atom is -0.446 e. The molecule has 2 aliphatic rings. The normalized spacial score (nSPS) is 19.6. The highest BCUT2D eigenvalue weighted by Gasteiger charge is 2.23. The van der Waals surface area contributed by atoms with Gasteiger partial charge in [0.15, 0.2) is 0 Å². The van der Waals surface area contributed by atoms with Crippen molar-refractivity contribution in [2.75, 3.05) is 6.54 Å². The summed E-state index contributed by atoms with van der Waals surface area (Å²) in [7, 11) is 0. The number of hydrogen-bond donors (Lipinski definition) is 2. The van der Waals surface area contributed by atoms with Gasteiger partial charge in [-0.05, 0) is 44.9 Å². The Morgan fingerprint density at radius 2 is 1.83 bits per heavy atom. The summed E-state index contributed by atoms with van der Waals surface area (Å²) < 4.78 is 5.24. The predicted molar refractivity (Wildman–Crippen MR) is 67.1 cm³/mol. The average molecular weight is 254 g/mol. The van der Waals surface area contributed by atoms with Crippen LogP contribution in [0, 0.1) is 0 Å². The van der Waals surface area contributed by atoms with Gasteiger partial charge in [-0.2, -0.15) is 0 Å². The summed E-state index contributed by atoms with van der Waals surface area (Å²) in [5, 5.41) is 5.61. The molecule has 0 radical (unpaired) electrons. The molecule has 2 rings (SSSR count). The van der Waals surface area contributed by atoms with Gasteiger partial charge in [0.1, 0.15) is 6.10 Å². The summed E-state index contributed by atoms with van der Waals surface area (Å²) in [6.07, 6.45) is 7.38. The first-order chi connectivity index (χ1) is 8.74. The number of rotatable bonds is 6. The number of amides is 2. The Bertz CT molecular complexity index is 297. The Morgan fingerprint density at radius 3 is 2.50 bits per heavy atom. The van der Waals surface area contributed by atoms with Crippen molar-refractivity contribution in [2.24, 2.45) is 0 Å². The number of nitrogens with one attached hydrogen (secondary N) is 2. The van der Waals surface area contributed by atoms with E-state index in [1.807, 2.05) is 0 Å². The summed E-state index contributed by atoms with van der Waals surface area (Å²) in [5.74, 6) is 0.0865. The lowest BCUT2D eigenvalue weighted by molar-refractivity contribution is -0.121. The molecule has 2 aliphatic carbocycles. The van der Waals surface area contributed by atoms with E-state index in [1.54, 1.807) is 0 Å². The molecule has 2 N–H and O–H groups in total. The molecule has 102 valence electrons. The van der Waals surface area contributed by atoms with E-state index in [2.05, 4.69) is 10.6 Å². The number of ether oxygens (including phenoxy) is 1. The van der Waals surface area contributed by atoms with Crippen LogP contribution in [0.25, 0.3) is 0 Å². The van der Waals surface area contributed by atoms with Crippen molar-refractivity contribution in [1.29, 1.82) is 0 Å². The summed E-state index contributed by atoms with van der Waals surface area (Å²) in [6.45, 7) is 0.504. The van der Waals surface area contributed by atoms with E-state index in [1.165, 1.54) is 0 Å². The third kappa shape index (κ3) is 4.94. The summed E-state index contributed by atoms with van der Waals surface area (Å²) >= 11 is 0. The van der Waals surface area contributed by atoms with Gasteiger partial charge in [0.2, 0.25) is 5.91 Å². The highest BCUT2D eigenvalue weighted by Crippen LogP contribution is 2.20. The molecule has 0 aliphatic heterocycles. The molecule has 5 heteroatoms. The number of alkyl carbamates (subject to hydrolysis) is 1. The number of carbonyl (C=O) groups is 2. The molecular formula is C13H22N2O3. The molecule has 0 aromatic rings. The van der Waals surface area contributed by atoms with Gasteiger partial charge in [-0.3, -0.25) is 4.79 Å². The van der Waals surface area contributed by atoms with Gasteiger partial charge in [-0.25, -0.2) is 4.79 Å². The van der Waals surface area contributed by atoms with Gasteiger partial charge in [0, 0.05) is 19.0 Å². The average Bonchev–Trinajstić information content (AvgIpc) is 2.99. The molecule has 0 bridgehead atoms. The molecule has 18 heavy (non-hydrogen) atoms. The van der Waals surface area contributed by atoms with Crippen molar-refractivity contribution in [3.63, 3.8) is 0 Å². The lowest BCUT2D eigenvalue weighted by atomic mass is 10.3. The molecule has 2 amide bonds. The Balaban J connectivity index is 1.46. The first-order valence-electron chi connectivity index (χ1n) is 6.98. The van der Waals surface area contributed by atoms with Crippen molar-refractivity contribution >= 4 is 12.0 Å². The zero-order valence-electron chi connectivity index (χ0n) is 10.7. The second-order valence-electron chi connectivity index (χ2n) is 5.18. The molecule has 0 aromatic heterocycles. The monoisotopic (exact) mass is 254 g/mol. The molecule has 5 nitrogen and oxygen atoms in total. The van der Waals surface area contributed by atoms with Crippen LogP contribution in [-0.4, -0.2) is 30.7 Å². The van der Waals surface area contributed by atoms with Gasteiger partial charge in [-0.15, -0.1) is 0 Å². The quantitative estimate of drug-likeness (QED) is 0.709. The zero-order valence-corrected chi connectivity index (χ0v) is 10.7. The third-order valence-electron chi connectivity index (χ3n) is 3.37. The van der Waals surface area contributed by atoms with Crippen LogP contribution in [0.3, 0.4) is 0 Å². The van der Waals surface area contributed by atoms with E-state index >= 15 is 0 Å². The maximum Gasteiger partial charge on any atom is 0.407 e. The van der Waals surface area contributed by atoms with Gasteiger partial charge in [0.05, 0.1) is 0 Å². The van der Waals surface area contributed by atoms with E-state index in [-0.39, 0.29) is 18.1 Å². The largest absolute Gasteiger partial charge is 0.446 e. The van der Waals surface area contributed by atoms with Crippen molar-refractivity contribution in [2.45, 2.75) is 63.5 Å². The van der Waals surface area contributed by atoms with Crippen molar-refractivity contribution in [3.05, 3.63) is 0 Å². The van der Waals surface area contributed by atoms with Crippen molar-refractivity contribution in [3.8, 4) is 0 Å². The highest BCUT2D eigenvalue weighted by atomic mass is 16.6. The molecule has 2 saturated carbocycles. The van der Waals surface area contributed by atoms with E-state index in [4.69, 9.17) is 4.74 Å². The fourth-order valence-corrected chi connectivity index (χ4v) is 2.17. The topological polar surface area (TPSA) is 67.4 Å². The van der Waals surface area contributed by atoms with Gasteiger partial charge in [0.25, 0.3) is 0 Å². The first kappa shape index (κ1) is 13.2. The lowest BCUT2D eigenvalue weighted by Crippen LogP contribution is -2.30. The van der Waals surface area contributed by atoms with Gasteiger partial charge in [-0.1, -0.05) is 0 Å². The fourth-order valence-electron chi connectivity index (χ4n) is 2.17. The Hall–Kier alpha value is -1.26. The summed E-state index contributed by atoms with van der Waals surface area (Å²) in [5.41, 5.74) is 0. The van der Waals surface area contributed by atoms with Gasteiger partial charge < -0.3 is 15.4 Å². The van der Waals surface area contributed by atoms with Crippen LogP contribution in [0.1, 0.15) is 51.4 Å². The van der Waals surface area contributed by atoms with Crippen LogP contribution < -0.4 is 10.6 Å². The zero-order chi connectivity index (χ0) is 12.8. The molecule has 0 heterocycles. The highest BCUT2D eigenvalue weighted by molar-refractivity contribution is 5.76. The van der Waals surface area contributed by atoms with Gasteiger partial charge >= 0.3 is 6.09 Å². The number of carbonyl (C=O) groups excluding carboxylic acids is 2. The minimum atomic E-state index is -0.343. The van der Waals surface area contributed by atoms with E-state index < -0.39 is 0 Å². The SMILES string of the molecule is O=C(CCCNC(=O)OC1CCCC1)NC1CC1. The molecule has 0 unspecified atom stereocenters. The second-order valence-corrected chi connectivity index (χ2v) is 5.18. The maximum atomic E-state index is 11.4.